The number of unbranched alkanes of at least 4 members (excludes halogenated alkanes) is 2. The Balaban J connectivity index is 1.74. The Bertz CT molecular complexity index is 1040. The van der Waals surface area contributed by atoms with Gasteiger partial charge in [0.05, 0.1) is 18.1 Å². The highest BCUT2D eigenvalue weighted by Crippen LogP contribution is 2.41. The molecule has 6 nitrogen and oxygen atoms in total. The number of hydrogen-bond acceptors (Lipinski definition) is 7. The summed E-state index contributed by atoms with van der Waals surface area (Å²) in [6.07, 6.45) is 2.67. The van der Waals surface area contributed by atoms with Gasteiger partial charge in [-0.25, -0.2) is 0 Å². The molecule has 0 radical (unpaired) electrons. The molecule has 3 aromatic rings. The second kappa shape index (κ2) is 16.5. The van der Waals surface area contributed by atoms with Crippen LogP contribution in [-0.2, 0) is 9.47 Å². The zero-order chi connectivity index (χ0) is 26.3. The van der Waals surface area contributed by atoms with E-state index < -0.39 is 12.2 Å². The third-order valence-corrected chi connectivity index (χ3v) is 6.78. The molecular formula is C30H40O6S. The van der Waals surface area contributed by atoms with Gasteiger partial charge in [0, 0.05) is 23.5 Å². The molecular weight excluding hydrogens is 488 g/mol. The number of benzene rings is 3. The third-order valence-electron chi connectivity index (χ3n) is 5.65. The molecule has 2 N–H and O–H groups in total. The molecule has 202 valence electrons. The number of fused-ring (bicyclic) bond motifs is 1. The molecule has 0 amide bonds. The van der Waals surface area contributed by atoms with Crippen LogP contribution >= 0.6 is 11.8 Å². The maximum absolute atomic E-state index is 10.4. The van der Waals surface area contributed by atoms with Crippen molar-refractivity contribution in [2.45, 2.75) is 61.5 Å². The van der Waals surface area contributed by atoms with Crippen LogP contribution in [0.25, 0.3) is 10.8 Å². The van der Waals surface area contributed by atoms with Crippen molar-refractivity contribution in [3.63, 3.8) is 0 Å². The molecule has 0 bridgehead atoms. The molecule has 0 spiro atoms. The molecule has 7 heteroatoms. The van der Waals surface area contributed by atoms with Crippen LogP contribution in [0.5, 0.6) is 11.5 Å². The summed E-state index contributed by atoms with van der Waals surface area (Å²) in [6.45, 7) is 6.29. The van der Waals surface area contributed by atoms with Gasteiger partial charge in [-0.15, -0.1) is 0 Å². The summed E-state index contributed by atoms with van der Waals surface area (Å²) >= 11 is 1.61. The molecule has 3 aromatic carbocycles. The van der Waals surface area contributed by atoms with Gasteiger partial charge in [-0.2, -0.15) is 0 Å². The number of rotatable bonds is 18. The van der Waals surface area contributed by atoms with Gasteiger partial charge >= 0.3 is 0 Å². The van der Waals surface area contributed by atoms with Crippen LogP contribution in [0.1, 0.15) is 39.5 Å². The van der Waals surface area contributed by atoms with E-state index in [1.165, 1.54) is 0 Å². The van der Waals surface area contributed by atoms with Crippen molar-refractivity contribution in [3.8, 4) is 11.5 Å². The fourth-order valence-corrected chi connectivity index (χ4v) is 4.62. The van der Waals surface area contributed by atoms with Crippen LogP contribution in [-0.4, -0.2) is 62.1 Å². The Morgan fingerprint density at radius 3 is 2.00 bits per heavy atom. The minimum atomic E-state index is -0.710. The number of ether oxygens (including phenoxy) is 4. The second-order valence-electron chi connectivity index (χ2n) is 8.98. The molecule has 0 aliphatic carbocycles. The number of hydrogen-bond donors (Lipinski definition) is 2. The fraction of sp³-hybridized carbons (Fsp3) is 0.467. The molecule has 3 rings (SSSR count). The van der Waals surface area contributed by atoms with E-state index in [0.717, 1.165) is 46.2 Å². The highest BCUT2D eigenvalue weighted by atomic mass is 32.2. The summed E-state index contributed by atoms with van der Waals surface area (Å²) in [6, 6.07) is 19.9. The number of aliphatic hydroxyl groups excluding tert-OH is 2. The van der Waals surface area contributed by atoms with Crippen LogP contribution in [0.15, 0.2) is 70.5 Å². The molecule has 0 aliphatic rings. The lowest BCUT2D eigenvalue weighted by atomic mass is 10.1. The van der Waals surface area contributed by atoms with Crippen molar-refractivity contribution < 1.29 is 29.2 Å². The van der Waals surface area contributed by atoms with Gasteiger partial charge in [0.25, 0.3) is 0 Å². The van der Waals surface area contributed by atoms with Crippen LogP contribution in [0.4, 0.5) is 0 Å². The Labute approximate surface area is 224 Å². The van der Waals surface area contributed by atoms with Gasteiger partial charge in [-0.1, -0.05) is 68.8 Å². The van der Waals surface area contributed by atoms with E-state index in [1.807, 2.05) is 48.5 Å². The first kappa shape index (κ1) is 29.3. The lowest BCUT2D eigenvalue weighted by molar-refractivity contribution is 0.0108. The molecule has 37 heavy (non-hydrogen) atoms. The standard InChI is InChI=1S/C30H40O6S/c1-3-5-16-33-19-24(31)21-35-26-14-12-23-13-15-29(36-22-25(32)20-34-17-6-4-2)30(28(23)18-26)37-27-10-8-7-9-11-27/h7-15,18,24-25,31-32H,3-6,16-17,19-22H2,1-2H3. The SMILES string of the molecule is CCCCOCC(O)COc1ccc2ccc(OCC(O)COCCCC)c(Sc3ccccc3)c2c1. The average molecular weight is 529 g/mol. The molecule has 0 aliphatic heterocycles. The smallest absolute Gasteiger partial charge is 0.134 e. The maximum atomic E-state index is 10.4. The summed E-state index contributed by atoms with van der Waals surface area (Å²) in [5.41, 5.74) is 0. The second-order valence-corrected chi connectivity index (χ2v) is 10.1. The van der Waals surface area contributed by atoms with Gasteiger partial charge < -0.3 is 29.2 Å². The summed E-state index contributed by atoms with van der Waals surface area (Å²) in [4.78, 5) is 2.02. The van der Waals surface area contributed by atoms with Crippen molar-refractivity contribution >= 4 is 22.5 Å². The Kier molecular flexibility index (Phi) is 13.1. The van der Waals surface area contributed by atoms with Crippen molar-refractivity contribution in [1.29, 1.82) is 0 Å². The molecule has 0 fully saturated rings. The van der Waals surface area contributed by atoms with E-state index in [-0.39, 0.29) is 26.4 Å². The van der Waals surface area contributed by atoms with E-state index in [2.05, 4.69) is 26.0 Å². The Hall–Kier alpha value is -2.29. The van der Waals surface area contributed by atoms with E-state index >= 15 is 0 Å². The van der Waals surface area contributed by atoms with Crippen molar-refractivity contribution in [2.24, 2.45) is 0 Å². The van der Waals surface area contributed by atoms with Gasteiger partial charge in [0.2, 0.25) is 0 Å². The van der Waals surface area contributed by atoms with Gasteiger partial charge in [0.1, 0.15) is 36.9 Å². The first-order valence-corrected chi connectivity index (χ1v) is 14.0. The summed E-state index contributed by atoms with van der Waals surface area (Å²) in [7, 11) is 0. The zero-order valence-electron chi connectivity index (χ0n) is 21.9. The summed E-state index contributed by atoms with van der Waals surface area (Å²) < 4.78 is 23.0. The van der Waals surface area contributed by atoms with Gasteiger partial charge in [0.15, 0.2) is 0 Å². The van der Waals surface area contributed by atoms with Crippen molar-refractivity contribution in [1.82, 2.24) is 0 Å². The summed E-state index contributed by atoms with van der Waals surface area (Å²) in [5, 5.41) is 22.6. The molecule has 0 heterocycles. The van der Waals surface area contributed by atoms with Gasteiger partial charge in [-0.3, -0.25) is 0 Å². The van der Waals surface area contributed by atoms with Crippen LogP contribution < -0.4 is 9.47 Å². The lowest BCUT2D eigenvalue weighted by Gasteiger charge is -2.18. The topological polar surface area (TPSA) is 77.4 Å². The molecule has 0 saturated carbocycles. The van der Waals surface area contributed by atoms with Crippen LogP contribution in [0.3, 0.4) is 0 Å². The van der Waals surface area contributed by atoms with Crippen molar-refractivity contribution in [2.75, 3.05) is 39.6 Å². The van der Waals surface area contributed by atoms with E-state index in [4.69, 9.17) is 18.9 Å². The predicted octanol–water partition coefficient (Wildman–Crippen LogP) is 6.10. The van der Waals surface area contributed by atoms with Gasteiger partial charge in [-0.05, 0) is 48.6 Å². The van der Waals surface area contributed by atoms with E-state index in [1.54, 1.807) is 11.8 Å². The minimum Gasteiger partial charge on any atom is -0.491 e. The zero-order valence-corrected chi connectivity index (χ0v) is 22.8. The number of aliphatic hydroxyl groups is 2. The van der Waals surface area contributed by atoms with Crippen LogP contribution in [0, 0.1) is 0 Å². The first-order valence-electron chi connectivity index (χ1n) is 13.2. The summed E-state index contributed by atoms with van der Waals surface area (Å²) in [5.74, 6) is 1.35. The van der Waals surface area contributed by atoms with E-state index in [0.29, 0.717) is 24.7 Å². The monoisotopic (exact) mass is 528 g/mol. The fourth-order valence-electron chi connectivity index (χ4n) is 3.57. The molecule has 2 atom stereocenters. The Morgan fingerprint density at radius 2 is 1.35 bits per heavy atom. The normalized spacial score (nSPS) is 13.0. The lowest BCUT2D eigenvalue weighted by Crippen LogP contribution is -2.24. The minimum absolute atomic E-state index is 0.139. The molecule has 0 saturated heterocycles. The first-order chi connectivity index (χ1) is 18.1. The quantitative estimate of drug-likeness (QED) is 0.193. The largest absolute Gasteiger partial charge is 0.491 e. The predicted molar refractivity (Wildman–Crippen MR) is 149 cm³/mol. The van der Waals surface area contributed by atoms with Crippen molar-refractivity contribution in [3.05, 3.63) is 60.7 Å². The molecule has 0 aromatic heterocycles. The average Bonchev–Trinajstić information content (AvgIpc) is 2.92. The third kappa shape index (κ3) is 10.2. The molecule has 2 unspecified atom stereocenters. The van der Waals surface area contributed by atoms with Crippen LogP contribution in [0.2, 0.25) is 0 Å². The Morgan fingerprint density at radius 1 is 0.730 bits per heavy atom. The highest BCUT2D eigenvalue weighted by Gasteiger charge is 2.15. The highest BCUT2D eigenvalue weighted by molar-refractivity contribution is 7.99. The van der Waals surface area contributed by atoms with E-state index in [9.17, 15) is 10.2 Å². The maximum Gasteiger partial charge on any atom is 0.134 e.